The largest absolute Gasteiger partial charge is 0.264 e. The fraction of sp³-hybridized carbons (Fsp3) is 1.00. The van der Waals surface area contributed by atoms with E-state index in [1.165, 1.54) is 20.8 Å². The molecule has 0 radical (unpaired) electrons. The first-order chi connectivity index (χ1) is 5.37. The quantitative estimate of drug-likeness (QED) is 0.471. The van der Waals surface area contributed by atoms with E-state index in [0.29, 0.717) is 0 Å². The van der Waals surface area contributed by atoms with Crippen LogP contribution in [0.1, 0.15) is 20.8 Å². The summed E-state index contributed by atoms with van der Waals surface area (Å²) in [6.45, 7) is 4.27. The van der Waals surface area contributed by atoms with Crippen molar-refractivity contribution >= 4 is 0 Å². The van der Waals surface area contributed by atoms with E-state index in [-0.39, 0.29) is 0 Å². The Bertz CT molecular complexity index is 174. The Hall–Kier alpha value is -1.20. The topological polar surface area (TPSA) is 86.3 Å². The Kier molecular flexibility index (Phi) is 3.59. The molecule has 0 saturated heterocycles. The zero-order valence-corrected chi connectivity index (χ0v) is 7.26. The Morgan fingerprint density at radius 3 is 1.33 bits per heavy atom. The van der Waals surface area contributed by atoms with Crippen LogP contribution in [0.25, 0.3) is 0 Å². The summed E-state index contributed by atoms with van der Waals surface area (Å²) in [5.74, 6) is -0.546. The molecule has 0 amide bonds. The van der Waals surface area contributed by atoms with Gasteiger partial charge in [-0.15, -0.1) is 0 Å². The van der Waals surface area contributed by atoms with Gasteiger partial charge in [0.25, 0.3) is 0 Å². The summed E-state index contributed by atoms with van der Waals surface area (Å²) in [4.78, 5) is 19.5. The summed E-state index contributed by atoms with van der Waals surface area (Å²) in [5, 5.41) is 20.5. The molecule has 0 aliphatic heterocycles. The average Bonchev–Trinajstić information content (AvgIpc) is 2.00. The zero-order chi connectivity index (χ0) is 9.89. The smallest absolute Gasteiger partial charge is 0.219 e. The summed E-state index contributed by atoms with van der Waals surface area (Å²) < 4.78 is 0. The van der Waals surface area contributed by atoms with E-state index in [1.54, 1.807) is 0 Å². The van der Waals surface area contributed by atoms with Crippen molar-refractivity contribution in [1.29, 1.82) is 0 Å². The lowest BCUT2D eigenvalue weighted by atomic mass is 9.97. The molecular weight excluding hydrogens is 164 g/mol. The van der Waals surface area contributed by atoms with Crippen molar-refractivity contribution in [3.63, 3.8) is 0 Å². The summed E-state index contributed by atoms with van der Waals surface area (Å²) in [6.07, 6.45) is 0. The van der Waals surface area contributed by atoms with Crippen LogP contribution in [0.4, 0.5) is 0 Å². The third-order valence-corrected chi connectivity index (χ3v) is 2.19. The number of nitrogens with zero attached hydrogens (tertiary/aromatic N) is 2. The SMILES string of the molecule is CC(C(C)[N+](=O)[O-])C(C)[N+](=O)[O-]. The second-order valence-electron chi connectivity index (χ2n) is 2.91. The first-order valence-corrected chi connectivity index (χ1v) is 3.65. The lowest BCUT2D eigenvalue weighted by Gasteiger charge is -2.13. The monoisotopic (exact) mass is 176 g/mol. The van der Waals surface area contributed by atoms with Crippen LogP contribution in [0.2, 0.25) is 0 Å². The van der Waals surface area contributed by atoms with Crippen LogP contribution in [0.15, 0.2) is 0 Å². The molecule has 0 aliphatic carbocycles. The molecule has 6 nitrogen and oxygen atoms in total. The van der Waals surface area contributed by atoms with Gasteiger partial charge >= 0.3 is 0 Å². The Morgan fingerprint density at radius 1 is 0.917 bits per heavy atom. The Morgan fingerprint density at radius 2 is 1.17 bits per heavy atom. The zero-order valence-electron chi connectivity index (χ0n) is 7.26. The van der Waals surface area contributed by atoms with E-state index in [2.05, 4.69) is 0 Å². The van der Waals surface area contributed by atoms with Crippen LogP contribution in [-0.2, 0) is 0 Å². The fourth-order valence-corrected chi connectivity index (χ4v) is 0.787. The molecule has 0 spiro atoms. The van der Waals surface area contributed by atoms with Crippen LogP contribution in [0, 0.1) is 26.1 Å². The first-order valence-electron chi connectivity index (χ1n) is 3.65. The van der Waals surface area contributed by atoms with E-state index in [0.717, 1.165) is 0 Å². The normalized spacial score (nSPS) is 17.9. The molecule has 0 aliphatic rings. The summed E-state index contributed by atoms with van der Waals surface area (Å²) >= 11 is 0. The molecule has 70 valence electrons. The van der Waals surface area contributed by atoms with E-state index in [1.807, 2.05) is 0 Å². The minimum atomic E-state index is -0.870. The molecule has 2 atom stereocenters. The van der Waals surface area contributed by atoms with Gasteiger partial charge < -0.3 is 0 Å². The van der Waals surface area contributed by atoms with Gasteiger partial charge in [0.2, 0.25) is 12.1 Å². The average molecular weight is 176 g/mol. The van der Waals surface area contributed by atoms with Gasteiger partial charge in [0.1, 0.15) is 0 Å². The van der Waals surface area contributed by atoms with Gasteiger partial charge in [-0.2, -0.15) is 0 Å². The van der Waals surface area contributed by atoms with Crippen LogP contribution >= 0.6 is 0 Å². The second kappa shape index (κ2) is 3.99. The molecule has 6 heteroatoms. The fourth-order valence-electron chi connectivity index (χ4n) is 0.787. The van der Waals surface area contributed by atoms with Gasteiger partial charge in [0.05, 0.1) is 5.92 Å². The van der Waals surface area contributed by atoms with E-state index in [9.17, 15) is 20.2 Å². The molecule has 0 saturated carbocycles. The number of rotatable bonds is 4. The predicted molar refractivity (Wildman–Crippen MR) is 42.1 cm³/mol. The molecule has 0 fully saturated rings. The maximum Gasteiger partial charge on any atom is 0.219 e. The maximum absolute atomic E-state index is 10.3. The summed E-state index contributed by atoms with van der Waals surface area (Å²) in [5.41, 5.74) is 0. The summed E-state index contributed by atoms with van der Waals surface area (Å²) in [7, 11) is 0. The molecular formula is C6H12N2O4. The number of hydrogen-bond acceptors (Lipinski definition) is 4. The molecule has 0 aromatic heterocycles. The summed E-state index contributed by atoms with van der Waals surface area (Å²) in [6, 6.07) is -1.74. The van der Waals surface area contributed by atoms with E-state index in [4.69, 9.17) is 0 Å². The van der Waals surface area contributed by atoms with Crippen LogP contribution < -0.4 is 0 Å². The minimum Gasteiger partial charge on any atom is -0.264 e. The molecule has 2 unspecified atom stereocenters. The van der Waals surface area contributed by atoms with Gasteiger partial charge in [-0.25, -0.2) is 0 Å². The standard InChI is InChI=1S/C6H12N2O4/c1-4(5(2)7(9)10)6(3)8(11)12/h4-6H,1-3H3. The van der Waals surface area contributed by atoms with Crippen molar-refractivity contribution in [2.24, 2.45) is 5.92 Å². The molecule has 0 N–H and O–H groups in total. The van der Waals surface area contributed by atoms with E-state index >= 15 is 0 Å². The number of hydrogen-bond donors (Lipinski definition) is 0. The highest BCUT2D eigenvalue weighted by molar-refractivity contribution is 4.65. The highest BCUT2D eigenvalue weighted by Gasteiger charge is 2.33. The molecule has 0 rings (SSSR count). The van der Waals surface area contributed by atoms with Gasteiger partial charge in [-0.3, -0.25) is 20.2 Å². The maximum atomic E-state index is 10.3. The molecule has 0 bridgehead atoms. The van der Waals surface area contributed by atoms with Gasteiger partial charge in [-0.1, -0.05) is 0 Å². The molecule has 0 aromatic carbocycles. The van der Waals surface area contributed by atoms with E-state index < -0.39 is 27.8 Å². The van der Waals surface area contributed by atoms with Gasteiger partial charge in [-0.05, 0) is 6.92 Å². The van der Waals surface area contributed by atoms with Crippen LogP contribution in [-0.4, -0.2) is 21.9 Å². The van der Waals surface area contributed by atoms with Gasteiger partial charge in [0, 0.05) is 23.7 Å². The Balaban J connectivity index is 4.28. The van der Waals surface area contributed by atoms with Crippen molar-refractivity contribution in [3.8, 4) is 0 Å². The van der Waals surface area contributed by atoms with Crippen molar-refractivity contribution in [3.05, 3.63) is 20.2 Å². The van der Waals surface area contributed by atoms with Crippen molar-refractivity contribution in [2.75, 3.05) is 0 Å². The van der Waals surface area contributed by atoms with Crippen molar-refractivity contribution in [2.45, 2.75) is 32.9 Å². The highest BCUT2D eigenvalue weighted by atomic mass is 16.6. The third kappa shape index (κ3) is 2.44. The van der Waals surface area contributed by atoms with Crippen molar-refractivity contribution < 1.29 is 9.85 Å². The Labute approximate surface area is 69.9 Å². The molecule has 0 aromatic rings. The van der Waals surface area contributed by atoms with Gasteiger partial charge in [0.15, 0.2) is 0 Å². The van der Waals surface area contributed by atoms with Crippen LogP contribution in [0.3, 0.4) is 0 Å². The second-order valence-corrected chi connectivity index (χ2v) is 2.91. The predicted octanol–water partition coefficient (Wildman–Crippen LogP) is 0.953. The molecule has 12 heavy (non-hydrogen) atoms. The molecule has 0 heterocycles. The van der Waals surface area contributed by atoms with Crippen LogP contribution in [0.5, 0.6) is 0 Å². The lowest BCUT2D eigenvalue weighted by molar-refractivity contribution is -0.569. The first kappa shape index (κ1) is 10.8. The number of nitro groups is 2. The minimum absolute atomic E-state index is 0.495. The van der Waals surface area contributed by atoms with Crippen molar-refractivity contribution in [1.82, 2.24) is 0 Å². The highest BCUT2D eigenvalue weighted by Crippen LogP contribution is 2.12. The lowest BCUT2D eigenvalue weighted by Crippen LogP contribution is -2.35. The third-order valence-electron chi connectivity index (χ3n) is 2.19.